The van der Waals surface area contributed by atoms with Crippen LogP contribution in [-0.4, -0.2) is 23.5 Å². The molecule has 0 aromatic rings. The summed E-state index contributed by atoms with van der Waals surface area (Å²) >= 11 is 0. The first kappa shape index (κ1) is 11.4. The molecule has 0 aliphatic carbocycles. The van der Waals surface area contributed by atoms with Crippen molar-refractivity contribution in [1.29, 1.82) is 0 Å². The molecule has 0 aromatic carbocycles. The van der Waals surface area contributed by atoms with Crippen LogP contribution in [0.5, 0.6) is 0 Å². The first-order valence-corrected chi connectivity index (χ1v) is 4.72. The molecule has 1 saturated heterocycles. The number of ether oxygens (including phenoxy) is 1. The Morgan fingerprint density at radius 3 is 2.29 bits per heavy atom. The molecule has 0 radical (unpaired) electrons. The van der Waals surface area contributed by atoms with E-state index in [-0.39, 0.29) is 17.8 Å². The minimum absolute atomic E-state index is 0.0334. The predicted octanol–water partition coefficient (Wildman–Crippen LogP) is 0.595. The fraction of sp³-hybridized carbons (Fsp3) is 0.889. The fourth-order valence-corrected chi connectivity index (χ4v) is 1.83. The zero-order valence-electron chi connectivity index (χ0n) is 8.64. The van der Waals surface area contributed by atoms with Crippen molar-refractivity contribution in [2.75, 3.05) is 0 Å². The van der Waals surface area contributed by atoms with E-state index in [2.05, 4.69) is 4.84 Å². The summed E-state index contributed by atoms with van der Waals surface area (Å²) in [6.45, 7) is 5.79. The highest BCUT2D eigenvalue weighted by Crippen LogP contribution is 2.34. The first-order valence-electron chi connectivity index (χ1n) is 4.72. The number of carboxylic acid groups (broad SMARTS) is 1. The van der Waals surface area contributed by atoms with Gasteiger partial charge in [-0.2, -0.15) is 0 Å². The minimum atomic E-state index is -0.960. The van der Waals surface area contributed by atoms with E-state index in [9.17, 15) is 4.79 Å². The Labute approximate surface area is 83.1 Å². The molecular weight excluding hydrogens is 186 g/mol. The van der Waals surface area contributed by atoms with Gasteiger partial charge in [0, 0.05) is 5.92 Å². The van der Waals surface area contributed by atoms with E-state index in [1.807, 2.05) is 20.8 Å². The SMILES string of the molecule is C[C@H]1[C@H](C)C(C(=O)O)OC(ON)[C@@H]1C. The van der Waals surface area contributed by atoms with Crippen LogP contribution in [0.2, 0.25) is 0 Å². The van der Waals surface area contributed by atoms with Gasteiger partial charge in [0.25, 0.3) is 0 Å². The summed E-state index contributed by atoms with van der Waals surface area (Å²) in [5.41, 5.74) is 0. The maximum Gasteiger partial charge on any atom is 0.333 e. The Hall–Kier alpha value is -0.650. The van der Waals surface area contributed by atoms with Crippen LogP contribution in [-0.2, 0) is 14.4 Å². The molecule has 14 heavy (non-hydrogen) atoms. The summed E-state index contributed by atoms with van der Waals surface area (Å²) in [6, 6.07) is 0. The third kappa shape index (κ3) is 1.89. The molecule has 3 N–H and O–H groups in total. The van der Waals surface area contributed by atoms with Crippen molar-refractivity contribution in [2.45, 2.75) is 33.2 Å². The molecule has 82 valence electrons. The quantitative estimate of drug-likeness (QED) is 0.642. The van der Waals surface area contributed by atoms with Gasteiger partial charge in [-0.05, 0) is 11.8 Å². The van der Waals surface area contributed by atoms with Crippen LogP contribution in [0.4, 0.5) is 0 Å². The van der Waals surface area contributed by atoms with Gasteiger partial charge in [0.05, 0.1) is 0 Å². The lowest BCUT2D eigenvalue weighted by Gasteiger charge is -2.40. The second-order valence-electron chi connectivity index (χ2n) is 3.98. The van der Waals surface area contributed by atoms with E-state index in [1.165, 1.54) is 0 Å². The van der Waals surface area contributed by atoms with Crippen LogP contribution in [0.25, 0.3) is 0 Å². The molecule has 1 heterocycles. The van der Waals surface area contributed by atoms with E-state index in [0.29, 0.717) is 0 Å². The van der Waals surface area contributed by atoms with E-state index < -0.39 is 18.4 Å². The Bertz CT molecular complexity index is 219. The number of rotatable bonds is 2. The van der Waals surface area contributed by atoms with Crippen LogP contribution < -0.4 is 5.90 Å². The van der Waals surface area contributed by atoms with Crippen LogP contribution in [0.3, 0.4) is 0 Å². The molecule has 5 heteroatoms. The fourth-order valence-electron chi connectivity index (χ4n) is 1.83. The number of hydrogen-bond donors (Lipinski definition) is 2. The van der Waals surface area contributed by atoms with Crippen molar-refractivity contribution in [3.05, 3.63) is 0 Å². The highest BCUT2D eigenvalue weighted by Gasteiger charge is 2.42. The summed E-state index contributed by atoms with van der Waals surface area (Å²) in [7, 11) is 0. The smallest absolute Gasteiger partial charge is 0.333 e. The summed E-state index contributed by atoms with van der Waals surface area (Å²) in [6.07, 6.45) is -1.45. The Kier molecular flexibility index (Phi) is 3.47. The maximum atomic E-state index is 10.9. The number of nitrogens with two attached hydrogens (primary N) is 1. The van der Waals surface area contributed by atoms with Gasteiger partial charge in [0.2, 0.25) is 0 Å². The summed E-state index contributed by atoms with van der Waals surface area (Å²) < 4.78 is 5.25. The summed E-state index contributed by atoms with van der Waals surface area (Å²) in [5, 5.41) is 8.90. The maximum absolute atomic E-state index is 10.9. The van der Waals surface area contributed by atoms with Crippen molar-refractivity contribution in [2.24, 2.45) is 23.7 Å². The van der Waals surface area contributed by atoms with Crippen LogP contribution >= 0.6 is 0 Å². The molecule has 0 amide bonds. The summed E-state index contributed by atoms with van der Waals surface area (Å²) in [4.78, 5) is 15.5. The molecule has 2 unspecified atom stereocenters. The second-order valence-corrected chi connectivity index (χ2v) is 3.98. The van der Waals surface area contributed by atoms with Crippen molar-refractivity contribution < 1.29 is 19.5 Å². The molecular formula is C9H17NO4. The monoisotopic (exact) mass is 203 g/mol. The van der Waals surface area contributed by atoms with Crippen molar-refractivity contribution >= 4 is 5.97 Å². The molecule has 0 bridgehead atoms. The van der Waals surface area contributed by atoms with Gasteiger partial charge >= 0.3 is 5.97 Å². The van der Waals surface area contributed by atoms with Gasteiger partial charge in [0.15, 0.2) is 12.4 Å². The van der Waals surface area contributed by atoms with Crippen molar-refractivity contribution in [3.63, 3.8) is 0 Å². The Balaban J connectivity index is 2.78. The Morgan fingerprint density at radius 2 is 1.86 bits per heavy atom. The van der Waals surface area contributed by atoms with Gasteiger partial charge < -0.3 is 9.84 Å². The topological polar surface area (TPSA) is 81.8 Å². The highest BCUT2D eigenvalue weighted by molar-refractivity contribution is 5.72. The standard InChI is InChI=1S/C9H17NO4/c1-4-5(2)7(8(11)12)13-9(14-10)6(4)3/h4-7,9H,10H2,1-3H3,(H,11,12)/t4-,5-,6+,7?,9?/m0/s1. The third-order valence-electron chi connectivity index (χ3n) is 3.22. The number of carbonyl (C=O) groups is 1. The molecule has 1 rings (SSSR count). The van der Waals surface area contributed by atoms with Gasteiger partial charge in [0.1, 0.15) is 0 Å². The number of carboxylic acids is 1. The largest absolute Gasteiger partial charge is 0.479 e. The van der Waals surface area contributed by atoms with Gasteiger partial charge in [-0.15, -0.1) is 0 Å². The molecule has 5 atom stereocenters. The zero-order chi connectivity index (χ0) is 10.9. The van der Waals surface area contributed by atoms with Gasteiger partial charge in [-0.3, -0.25) is 4.84 Å². The van der Waals surface area contributed by atoms with Crippen LogP contribution in [0.15, 0.2) is 0 Å². The minimum Gasteiger partial charge on any atom is -0.479 e. The lowest BCUT2D eigenvalue weighted by Crippen LogP contribution is -2.49. The zero-order valence-corrected chi connectivity index (χ0v) is 8.64. The normalized spacial score (nSPS) is 43.6. The van der Waals surface area contributed by atoms with Crippen LogP contribution in [0.1, 0.15) is 20.8 Å². The number of aliphatic carboxylic acids is 1. The van der Waals surface area contributed by atoms with Gasteiger partial charge in [-0.25, -0.2) is 10.7 Å². The second kappa shape index (κ2) is 4.25. The molecule has 1 aliphatic rings. The van der Waals surface area contributed by atoms with Crippen LogP contribution in [0, 0.1) is 17.8 Å². The lowest BCUT2D eigenvalue weighted by molar-refractivity contribution is -0.251. The van der Waals surface area contributed by atoms with E-state index >= 15 is 0 Å². The molecule has 5 nitrogen and oxygen atoms in total. The first-order chi connectivity index (χ1) is 6.49. The Morgan fingerprint density at radius 1 is 1.29 bits per heavy atom. The third-order valence-corrected chi connectivity index (χ3v) is 3.22. The molecule has 1 fully saturated rings. The molecule has 0 spiro atoms. The average molecular weight is 203 g/mol. The van der Waals surface area contributed by atoms with Crippen molar-refractivity contribution in [1.82, 2.24) is 0 Å². The average Bonchev–Trinajstić information content (AvgIpc) is 2.14. The lowest BCUT2D eigenvalue weighted by atomic mass is 9.79. The predicted molar refractivity (Wildman–Crippen MR) is 49.1 cm³/mol. The van der Waals surface area contributed by atoms with E-state index in [1.54, 1.807) is 0 Å². The number of hydrogen-bond acceptors (Lipinski definition) is 4. The molecule has 1 aliphatic heterocycles. The molecule has 0 aromatic heterocycles. The molecule has 0 saturated carbocycles. The van der Waals surface area contributed by atoms with E-state index in [4.69, 9.17) is 15.7 Å². The van der Waals surface area contributed by atoms with E-state index in [0.717, 1.165) is 0 Å². The van der Waals surface area contributed by atoms with Crippen molar-refractivity contribution in [3.8, 4) is 0 Å². The summed E-state index contributed by atoms with van der Waals surface area (Å²) in [5.74, 6) is 4.36. The van der Waals surface area contributed by atoms with Gasteiger partial charge in [-0.1, -0.05) is 20.8 Å². The highest BCUT2D eigenvalue weighted by atomic mass is 16.8.